The van der Waals surface area contributed by atoms with Crippen LogP contribution in [0.4, 0.5) is 0 Å². The van der Waals surface area contributed by atoms with E-state index in [1.165, 1.54) is 51.4 Å². The molecule has 4 aliphatic carbocycles. The van der Waals surface area contributed by atoms with Crippen LogP contribution in [0.2, 0.25) is 3.63 Å². The smallest absolute Gasteiger partial charge is 1.00 e. The molecule has 0 spiro atoms. The Balaban J connectivity index is 0.00000131. The van der Waals surface area contributed by atoms with Gasteiger partial charge in [-0.25, -0.2) is 0 Å². The molecule has 0 bridgehead atoms. The molecule has 1 saturated carbocycles. The van der Waals surface area contributed by atoms with Crippen LogP contribution in [0.1, 0.15) is 72.1 Å². The average Bonchev–Trinajstić information content (AvgIpc) is 3.23. The maximum Gasteiger partial charge on any atom is -1.00 e. The summed E-state index contributed by atoms with van der Waals surface area (Å²) in [5, 5.41) is 0. The van der Waals surface area contributed by atoms with Gasteiger partial charge in [0.05, 0.1) is 0 Å². The fourth-order valence-electron chi connectivity index (χ4n) is 5.75. The Bertz CT molecular complexity index is 641. The normalized spacial score (nSPS) is 32.3. The summed E-state index contributed by atoms with van der Waals surface area (Å²) in [6, 6.07) is 0. The average molecular weight is 485 g/mol. The predicted octanol–water partition coefficient (Wildman–Crippen LogP) is 1.23. The molecule has 27 heavy (non-hydrogen) atoms. The minimum Gasteiger partial charge on any atom is -1.00 e. The molecule has 0 saturated heterocycles. The van der Waals surface area contributed by atoms with Gasteiger partial charge in [-0.2, -0.15) is 0 Å². The number of hydrogen-bond donors (Lipinski definition) is 0. The summed E-state index contributed by atoms with van der Waals surface area (Å²) < 4.78 is 2.75. The van der Waals surface area contributed by atoms with Crippen LogP contribution >= 0.6 is 0 Å². The first-order chi connectivity index (χ1) is 12.1. The van der Waals surface area contributed by atoms with Crippen molar-refractivity contribution in [2.45, 2.75) is 75.8 Å². The van der Waals surface area contributed by atoms with Crippen molar-refractivity contribution in [3.63, 3.8) is 0 Å². The largest absolute Gasteiger partial charge is 1.00 e. The Hall–Kier alpha value is 0.423. The second-order valence-corrected chi connectivity index (χ2v) is 12.9. The van der Waals surface area contributed by atoms with E-state index in [0.717, 1.165) is 27.3 Å². The van der Waals surface area contributed by atoms with Crippen LogP contribution in [-0.2, 0) is 23.2 Å². The van der Waals surface area contributed by atoms with Gasteiger partial charge < -0.3 is 24.8 Å². The third kappa shape index (κ3) is 5.13. The Morgan fingerprint density at radius 1 is 1.07 bits per heavy atom. The molecule has 1 unspecified atom stereocenters. The first kappa shape index (κ1) is 23.7. The monoisotopic (exact) mass is 482 g/mol. The van der Waals surface area contributed by atoms with Crippen molar-refractivity contribution in [3.8, 4) is 0 Å². The van der Waals surface area contributed by atoms with E-state index in [1.54, 1.807) is 5.57 Å². The quantitative estimate of drug-likeness (QED) is 0.563. The van der Waals surface area contributed by atoms with Crippen molar-refractivity contribution in [2.75, 3.05) is 0 Å². The molecule has 0 nitrogen and oxygen atoms in total. The number of hydrogen-bond acceptors (Lipinski definition) is 0. The molecular weight excluding hydrogens is 450 g/mol. The van der Waals surface area contributed by atoms with Gasteiger partial charge in [0.2, 0.25) is 0 Å². The first-order valence-electron chi connectivity index (χ1n) is 10.7. The summed E-state index contributed by atoms with van der Waals surface area (Å²) in [4.78, 5) is 0. The van der Waals surface area contributed by atoms with Crippen LogP contribution in [0, 0.1) is 23.7 Å². The third-order valence-electron chi connectivity index (χ3n) is 7.13. The molecule has 0 heterocycles. The van der Waals surface area contributed by atoms with E-state index in [9.17, 15) is 0 Å². The van der Waals surface area contributed by atoms with Crippen LogP contribution in [0.5, 0.6) is 0 Å². The molecule has 3 heteroatoms. The topological polar surface area (TPSA) is 0 Å². The molecule has 0 aromatic heterocycles. The van der Waals surface area contributed by atoms with Crippen LogP contribution in [0.15, 0.2) is 44.3 Å². The Labute approximate surface area is 190 Å². The second-order valence-electron chi connectivity index (χ2n) is 9.24. The fourth-order valence-corrected chi connectivity index (χ4v) is 10.1. The zero-order valence-corrected chi connectivity index (χ0v) is 21.1. The predicted molar refractivity (Wildman–Crippen MR) is 104 cm³/mol. The molecule has 148 valence electrons. The number of halogens is 2. The van der Waals surface area contributed by atoms with Gasteiger partial charge in [-0.1, -0.05) is 0 Å². The first-order valence-corrected chi connectivity index (χ1v) is 13.3. The van der Waals surface area contributed by atoms with Crippen molar-refractivity contribution >= 4 is 0 Å². The molecule has 0 aliphatic heterocycles. The maximum absolute atomic E-state index is 2.75. The van der Waals surface area contributed by atoms with Crippen LogP contribution < -0.4 is 24.8 Å². The van der Waals surface area contributed by atoms with E-state index in [0.29, 0.717) is 0 Å². The van der Waals surface area contributed by atoms with Crippen molar-refractivity contribution in [1.29, 1.82) is 0 Å². The van der Waals surface area contributed by atoms with Crippen molar-refractivity contribution in [1.82, 2.24) is 0 Å². The van der Waals surface area contributed by atoms with Gasteiger partial charge in [0.25, 0.3) is 0 Å². The molecule has 4 aliphatic rings. The van der Waals surface area contributed by atoms with Gasteiger partial charge in [0.1, 0.15) is 0 Å². The molecular formula is C24H34Cl2Zr. The van der Waals surface area contributed by atoms with E-state index in [4.69, 9.17) is 0 Å². The molecule has 0 N–H and O–H groups in total. The van der Waals surface area contributed by atoms with E-state index in [1.807, 2.05) is 14.4 Å². The number of allylic oxidation sites excluding steroid dienone is 8. The Kier molecular flexibility index (Phi) is 9.17. The fraction of sp³-hybridized carbons (Fsp3) is 0.667. The van der Waals surface area contributed by atoms with Gasteiger partial charge in [0.15, 0.2) is 0 Å². The van der Waals surface area contributed by atoms with Gasteiger partial charge in [-0.3, -0.25) is 0 Å². The molecule has 4 rings (SSSR count). The van der Waals surface area contributed by atoms with E-state index < -0.39 is 23.2 Å². The number of rotatable bonds is 4. The van der Waals surface area contributed by atoms with Gasteiger partial charge in [0, 0.05) is 0 Å². The second kappa shape index (κ2) is 10.5. The summed E-state index contributed by atoms with van der Waals surface area (Å²) in [6.45, 7) is 7.47. The van der Waals surface area contributed by atoms with Crippen LogP contribution in [0.25, 0.3) is 0 Å². The summed E-state index contributed by atoms with van der Waals surface area (Å²) in [7, 11) is 0. The van der Waals surface area contributed by atoms with Crippen molar-refractivity contribution in [2.24, 2.45) is 23.7 Å². The van der Waals surface area contributed by atoms with Gasteiger partial charge >= 0.3 is 167 Å². The standard InChI is InChI=1S/C19H29.C5H5.2ClH.Zr/c1-13(2)18-9-8-14(3)10-19(18)17-11-15-6-4-5-7-16(15)12-17;1-2-4-5-3-1;;;/h11-14,18-19H,4-10H2,1-3H3;1-3H,4H2;2*1H;/q;;;;+2/p-2/t14-,18+,19-;;;;/m1..../s1. The molecule has 0 radical (unpaired) electrons. The van der Waals surface area contributed by atoms with E-state index in [2.05, 4.69) is 45.1 Å². The summed E-state index contributed by atoms with van der Waals surface area (Å²) in [6.07, 6.45) is 21.2. The third-order valence-corrected chi connectivity index (χ3v) is 11.3. The molecule has 0 aromatic rings. The summed E-state index contributed by atoms with van der Waals surface area (Å²) >= 11 is -0.518. The summed E-state index contributed by atoms with van der Waals surface area (Å²) in [5.41, 5.74) is 5.64. The van der Waals surface area contributed by atoms with E-state index >= 15 is 0 Å². The minimum absolute atomic E-state index is 0. The van der Waals surface area contributed by atoms with E-state index in [-0.39, 0.29) is 24.8 Å². The van der Waals surface area contributed by atoms with Crippen LogP contribution in [0.3, 0.4) is 0 Å². The van der Waals surface area contributed by atoms with Gasteiger partial charge in [-0.15, -0.1) is 0 Å². The maximum atomic E-state index is 2.75. The molecule has 4 atom stereocenters. The van der Waals surface area contributed by atoms with Crippen molar-refractivity contribution < 1.29 is 48.0 Å². The summed E-state index contributed by atoms with van der Waals surface area (Å²) in [5.74, 6) is 3.59. The van der Waals surface area contributed by atoms with Crippen LogP contribution in [-0.4, -0.2) is 0 Å². The SMILES string of the molecule is CC(C)[C@@H]1CC[C@@H](C)C[C@@H]1C1=CC2=C(CCCC2)[CH]1[Zr+2][C]1=CC=CC1.[Cl-].[Cl-]. The van der Waals surface area contributed by atoms with Gasteiger partial charge in [-0.05, 0) is 0 Å². The molecule has 0 aromatic carbocycles. The van der Waals surface area contributed by atoms with Crippen molar-refractivity contribution in [3.05, 3.63) is 44.3 Å². The zero-order valence-electron chi connectivity index (χ0n) is 17.1. The minimum atomic E-state index is -0.518. The zero-order chi connectivity index (χ0) is 17.4. The Morgan fingerprint density at radius 2 is 1.85 bits per heavy atom. The molecule has 1 fully saturated rings. The Morgan fingerprint density at radius 3 is 2.56 bits per heavy atom. The molecule has 0 amide bonds.